The van der Waals surface area contributed by atoms with E-state index < -0.39 is 29.0 Å². The summed E-state index contributed by atoms with van der Waals surface area (Å²) in [4.78, 5) is 27.7. The second-order valence-electron chi connectivity index (χ2n) is 5.23. The number of hydrogen-bond acceptors (Lipinski definition) is 7. The topological polar surface area (TPSA) is 92.1 Å². The molecular formula is C15H19F2N3O4. The van der Waals surface area contributed by atoms with Crippen LogP contribution < -0.4 is 0 Å². The molecule has 0 fully saturated rings. The number of nitrogens with zero attached hydrogens (tertiary/aromatic N) is 3. The fourth-order valence-corrected chi connectivity index (χ4v) is 1.71. The number of carbonyl (C=O) groups excluding carboxylic acids is 2. The molecule has 1 aromatic heterocycles. The molecule has 1 rings (SSSR count). The van der Waals surface area contributed by atoms with Gasteiger partial charge in [0.1, 0.15) is 5.71 Å². The minimum Gasteiger partial charge on any atom is -0.464 e. The third kappa shape index (κ3) is 3.91. The number of aromatic nitrogens is 1. The number of ketones is 1. The van der Waals surface area contributed by atoms with Crippen molar-refractivity contribution >= 4 is 17.5 Å². The van der Waals surface area contributed by atoms with Gasteiger partial charge in [0.15, 0.2) is 0 Å². The van der Waals surface area contributed by atoms with Crippen molar-refractivity contribution in [2.75, 3.05) is 20.7 Å². The summed E-state index contributed by atoms with van der Waals surface area (Å²) >= 11 is 0. The van der Waals surface area contributed by atoms with E-state index in [2.05, 4.69) is 14.8 Å². The Morgan fingerprint density at radius 2 is 2.04 bits per heavy atom. The maximum Gasteiger partial charge on any atom is 0.349 e. The molecule has 1 heterocycles. The molecule has 0 saturated heterocycles. The van der Waals surface area contributed by atoms with Gasteiger partial charge in [-0.15, -0.1) is 0 Å². The SMILES string of the molecule is CCOC(=O)C(C)(O)C(F)(F)C(=O)/C(=N/N(C)C)c1cccnc1. The van der Waals surface area contributed by atoms with E-state index in [0.717, 1.165) is 5.01 Å². The number of esters is 1. The van der Waals surface area contributed by atoms with E-state index in [1.54, 1.807) is 0 Å². The average Bonchev–Trinajstić information content (AvgIpc) is 2.52. The largest absolute Gasteiger partial charge is 0.464 e. The van der Waals surface area contributed by atoms with E-state index in [1.807, 2.05) is 0 Å². The van der Waals surface area contributed by atoms with Gasteiger partial charge in [-0.2, -0.15) is 13.9 Å². The molecular weight excluding hydrogens is 324 g/mol. The number of rotatable bonds is 7. The van der Waals surface area contributed by atoms with Gasteiger partial charge in [0.25, 0.3) is 5.78 Å². The van der Waals surface area contributed by atoms with Gasteiger partial charge in [-0.25, -0.2) is 4.79 Å². The molecule has 7 nitrogen and oxygen atoms in total. The lowest BCUT2D eigenvalue weighted by Gasteiger charge is -2.29. The minimum absolute atomic E-state index is 0.0236. The van der Waals surface area contributed by atoms with E-state index in [0.29, 0.717) is 6.92 Å². The van der Waals surface area contributed by atoms with Crippen LogP contribution in [0.25, 0.3) is 0 Å². The Kier molecular flexibility index (Phi) is 6.08. The number of pyridine rings is 1. The van der Waals surface area contributed by atoms with Gasteiger partial charge in [-0.1, -0.05) is 0 Å². The molecule has 0 radical (unpaired) electrons. The number of hydrazone groups is 1. The van der Waals surface area contributed by atoms with Crippen LogP contribution in [0.4, 0.5) is 8.78 Å². The Labute approximate surface area is 137 Å². The summed E-state index contributed by atoms with van der Waals surface area (Å²) in [5.41, 5.74) is -3.95. The standard InChI is InChI=1S/C15H19F2N3O4/c1-5-24-13(22)14(2,23)15(16,17)12(21)11(19-20(3)4)10-7-6-8-18-9-10/h6-9,23H,5H2,1-4H3/b19-11+. The summed E-state index contributed by atoms with van der Waals surface area (Å²) in [6, 6.07) is 2.80. The highest BCUT2D eigenvalue weighted by molar-refractivity contribution is 6.48. The summed E-state index contributed by atoms with van der Waals surface area (Å²) in [5, 5.41) is 14.8. The molecule has 0 saturated carbocycles. The van der Waals surface area contributed by atoms with Crippen LogP contribution in [0.15, 0.2) is 29.6 Å². The van der Waals surface area contributed by atoms with Crippen molar-refractivity contribution in [1.82, 2.24) is 9.99 Å². The second kappa shape index (κ2) is 7.43. The quantitative estimate of drug-likeness (QED) is 0.449. The van der Waals surface area contributed by atoms with Gasteiger partial charge < -0.3 is 14.9 Å². The lowest BCUT2D eigenvalue weighted by molar-refractivity contribution is -0.203. The van der Waals surface area contributed by atoms with Gasteiger partial charge in [-0.05, 0) is 26.0 Å². The molecule has 1 aromatic rings. The lowest BCUT2D eigenvalue weighted by Crippen LogP contribution is -2.59. The summed E-state index contributed by atoms with van der Waals surface area (Å²) < 4.78 is 33.5. The second-order valence-corrected chi connectivity index (χ2v) is 5.23. The number of alkyl halides is 2. The zero-order valence-corrected chi connectivity index (χ0v) is 13.8. The first-order valence-electron chi connectivity index (χ1n) is 7.04. The van der Waals surface area contributed by atoms with E-state index in [1.165, 1.54) is 45.5 Å². The Balaban J connectivity index is 3.34. The first-order chi connectivity index (χ1) is 11.1. The Morgan fingerprint density at radius 1 is 1.42 bits per heavy atom. The predicted octanol–water partition coefficient (Wildman–Crippen LogP) is 0.866. The van der Waals surface area contributed by atoms with Crippen molar-refractivity contribution in [2.24, 2.45) is 5.10 Å². The van der Waals surface area contributed by atoms with Crippen molar-refractivity contribution in [1.29, 1.82) is 0 Å². The summed E-state index contributed by atoms with van der Waals surface area (Å²) in [5.74, 6) is -7.87. The molecule has 0 aliphatic rings. The van der Waals surface area contributed by atoms with E-state index in [4.69, 9.17) is 0 Å². The molecule has 9 heteroatoms. The van der Waals surface area contributed by atoms with Crippen molar-refractivity contribution in [3.05, 3.63) is 30.1 Å². The van der Waals surface area contributed by atoms with Crippen LogP contribution in [-0.2, 0) is 14.3 Å². The fourth-order valence-electron chi connectivity index (χ4n) is 1.71. The number of carbonyl (C=O) groups is 2. The van der Waals surface area contributed by atoms with Crippen molar-refractivity contribution < 1.29 is 28.2 Å². The first kappa shape index (κ1) is 19.6. The predicted molar refractivity (Wildman–Crippen MR) is 81.7 cm³/mol. The molecule has 1 N–H and O–H groups in total. The van der Waals surface area contributed by atoms with Crippen LogP contribution in [-0.4, -0.2) is 64.8 Å². The smallest absolute Gasteiger partial charge is 0.349 e. The van der Waals surface area contributed by atoms with Crippen LogP contribution >= 0.6 is 0 Å². The minimum atomic E-state index is -4.45. The third-order valence-electron chi connectivity index (χ3n) is 3.02. The van der Waals surface area contributed by atoms with Gasteiger partial charge in [0.05, 0.1) is 6.61 Å². The number of halogens is 2. The van der Waals surface area contributed by atoms with E-state index in [-0.39, 0.29) is 12.2 Å². The molecule has 0 spiro atoms. The molecule has 132 valence electrons. The zero-order chi connectivity index (χ0) is 18.5. The van der Waals surface area contributed by atoms with Crippen LogP contribution in [0.5, 0.6) is 0 Å². The van der Waals surface area contributed by atoms with E-state index >= 15 is 0 Å². The van der Waals surface area contributed by atoms with Crippen molar-refractivity contribution in [3.8, 4) is 0 Å². The van der Waals surface area contributed by atoms with Crippen LogP contribution in [0.3, 0.4) is 0 Å². The highest BCUT2D eigenvalue weighted by Crippen LogP contribution is 2.32. The molecule has 1 unspecified atom stereocenters. The monoisotopic (exact) mass is 343 g/mol. The lowest BCUT2D eigenvalue weighted by atomic mass is 9.90. The highest BCUT2D eigenvalue weighted by atomic mass is 19.3. The van der Waals surface area contributed by atoms with Gasteiger partial charge in [0, 0.05) is 32.1 Å². The fraction of sp³-hybridized carbons (Fsp3) is 0.467. The summed E-state index contributed by atoms with van der Waals surface area (Å²) in [7, 11) is 2.87. The molecule has 24 heavy (non-hydrogen) atoms. The molecule has 1 atom stereocenters. The maximum absolute atomic E-state index is 14.5. The number of aliphatic hydroxyl groups is 1. The Morgan fingerprint density at radius 3 is 2.50 bits per heavy atom. The summed E-state index contributed by atoms with van der Waals surface area (Å²) in [6.07, 6.45) is 2.57. The molecule has 0 aliphatic heterocycles. The third-order valence-corrected chi connectivity index (χ3v) is 3.02. The summed E-state index contributed by atoms with van der Waals surface area (Å²) in [6.45, 7) is 1.70. The van der Waals surface area contributed by atoms with Crippen LogP contribution in [0.1, 0.15) is 19.4 Å². The zero-order valence-electron chi connectivity index (χ0n) is 13.8. The number of ether oxygens (including phenoxy) is 1. The first-order valence-corrected chi connectivity index (χ1v) is 7.04. The Hall–Kier alpha value is -2.42. The number of Topliss-reactive ketones (excluding diaryl/α,β-unsaturated/α-hetero) is 1. The van der Waals surface area contributed by atoms with Gasteiger partial charge >= 0.3 is 11.9 Å². The van der Waals surface area contributed by atoms with Gasteiger partial charge in [-0.3, -0.25) is 9.78 Å². The van der Waals surface area contributed by atoms with E-state index in [9.17, 15) is 23.5 Å². The van der Waals surface area contributed by atoms with Crippen LogP contribution in [0.2, 0.25) is 0 Å². The normalized spacial score (nSPS) is 14.7. The Bertz CT molecular complexity index is 631. The van der Waals surface area contributed by atoms with Crippen molar-refractivity contribution in [2.45, 2.75) is 25.4 Å². The highest BCUT2D eigenvalue weighted by Gasteiger charge is 2.62. The average molecular weight is 343 g/mol. The van der Waals surface area contributed by atoms with Gasteiger partial charge in [0.2, 0.25) is 5.60 Å². The maximum atomic E-state index is 14.5. The van der Waals surface area contributed by atoms with Crippen LogP contribution in [0, 0.1) is 0 Å². The number of hydrogen-bond donors (Lipinski definition) is 1. The van der Waals surface area contributed by atoms with Crippen molar-refractivity contribution in [3.63, 3.8) is 0 Å². The molecule has 0 amide bonds. The molecule has 0 aromatic carbocycles. The molecule has 0 aliphatic carbocycles. The molecule has 0 bridgehead atoms.